The van der Waals surface area contributed by atoms with Crippen LogP contribution in [-0.2, 0) is 5.41 Å². The molecule has 0 nitrogen and oxygen atoms in total. The first kappa shape index (κ1) is 49.9. The molecule has 0 aliphatic carbocycles. The van der Waals surface area contributed by atoms with Crippen molar-refractivity contribution in [2.45, 2.75) is 126 Å². The highest BCUT2D eigenvalue weighted by Crippen LogP contribution is 2.20. The molecule has 0 amide bonds. The number of hydrogen-bond acceptors (Lipinski definition) is 0. The Bertz CT molecular complexity index is 301. The van der Waals surface area contributed by atoms with Crippen molar-refractivity contribution in [1.82, 2.24) is 0 Å². The molecule has 0 N–H and O–H groups in total. The zero-order chi connectivity index (χ0) is 16.6. The van der Waals surface area contributed by atoms with Crippen LogP contribution in [0, 0.1) is 10.8 Å². The van der Waals surface area contributed by atoms with Crippen molar-refractivity contribution in [2.75, 3.05) is 0 Å². The van der Waals surface area contributed by atoms with E-state index in [-0.39, 0.29) is 44.6 Å². The maximum atomic E-state index is 2.22. The van der Waals surface area contributed by atoms with E-state index in [0.29, 0.717) is 16.2 Å². The van der Waals surface area contributed by atoms with E-state index in [4.69, 9.17) is 0 Å². The molecule has 0 radical (unpaired) electrons. The summed E-state index contributed by atoms with van der Waals surface area (Å²) in [6, 6.07) is 10.6. The molecule has 0 aliphatic heterocycles. The highest BCUT2D eigenvalue weighted by Gasteiger charge is 2.11. The van der Waals surface area contributed by atoms with Gasteiger partial charge in [0.05, 0.1) is 0 Å². The number of rotatable bonds is 0. The second-order valence-corrected chi connectivity index (χ2v) is 9.62. The lowest BCUT2D eigenvalue weighted by molar-refractivity contribution is 0.469. The highest BCUT2D eigenvalue weighted by atomic mass is 14.2. The van der Waals surface area contributed by atoms with Gasteiger partial charge >= 0.3 is 0 Å². The summed E-state index contributed by atoms with van der Waals surface area (Å²) >= 11 is 0. The molecule has 26 heavy (non-hydrogen) atoms. The average molecular weight is 375 g/mol. The predicted octanol–water partition coefficient (Wildman–Crippen LogP) is 10.9. The van der Waals surface area contributed by atoms with Crippen molar-refractivity contribution in [2.24, 2.45) is 10.8 Å². The second-order valence-electron chi connectivity index (χ2n) is 9.62. The summed E-state index contributed by atoms with van der Waals surface area (Å²) in [5.74, 6) is 0. The molecule has 166 valence electrons. The van der Waals surface area contributed by atoms with Crippen LogP contribution in [0.2, 0.25) is 0 Å². The van der Waals surface area contributed by atoms with Gasteiger partial charge in [-0.15, -0.1) is 0 Å². The summed E-state index contributed by atoms with van der Waals surface area (Å²) in [7, 11) is 0. The van der Waals surface area contributed by atoms with E-state index in [0.717, 1.165) is 0 Å². The van der Waals surface area contributed by atoms with Crippen molar-refractivity contribution in [3.05, 3.63) is 35.9 Å². The van der Waals surface area contributed by atoms with Crippen molar-refractivity contribution in [3.8, 4) is 0 Å². The first-order valence-corrected chi connectivity index (χ1v) is 7.66. The molecule has 1 aromatic rings. The predicted molar refractivity (Wildman–Crippen MR) is 136 cm³/mol. The Morgan fingerprint density at radius 2 is 0.615 bits per heavy atom. The average Bonchev–Trinajstić information content (AvgIpc) is 2.12. The van der Waals surface area contributed by atoms with E-state index in [1.165, 1.54) is 5.56 Å². The molecule has 0 saturated carbocycles. The third-order valence-electron chi connectivity index (χ3n) is 1.64. The molecule has 1 rings (SSSR count). The van der Waals surface area contributed by atoms with Crippen LogP contribution in [0.5, 0.6) is 0 Å². The lowest BCUT2D eigenvalue weighted by atomic mass is 9.87. The first-order chi connectivity index (χ1) is 8.61. The van der Waals surface area contributed by atoms with Crippen molar-refractivity contribution < 1.29 is 0 Å². The van der Waals surface area contributed by atoms with Gasteiger partial charge in [0.1, 0.15) is 0 Å². The summed E-state index contributed by atoms with van der Waals surface area (Å²) in [5.41, 5.74) is 2.69. The summed E-state index contributed by atoms with van der Waals surface area (Å²) in [4.78, 5) is 0. The van der Waals surface area contributed by atoms with Crippen LogP contribution < -0.4 is 0 Å². The third kappa shape index (κ3) is 65.6. The zero-order valence-electron chi connectivity index (χ0n) is 15.9. The topological polar surface area (TPSA) is 0 Å². The Balaban J connectivity index is -0.0000000302. The fourth-order valence-electron chi connectivity index (χ4n) is 0.938. The quantitative estimate of drug-likeness (QED) is 0.423. The van der Waals surface area contributed by atoms with Crippen molar-refractivity contribution in [3.63, 3.8) is 0 Å². The SMILES string of the molecule is C.C.C.C.C.C.CC(C)(C)C.CC(C)(C)C.CC(C)(C)c1ccccc1. The molecule has 0 atom stereocenters. The molecule has 0 unspecified atom stereocenters. The zero-order valence-corrected chi connectivity index (χ0v) is 15.9. The Kier molecular flexibility index (Phi) is 39.4. The Morgan fingerprint density at radius 1 is 0.423 bits per heavy atom. The van der Waals surface area contributed by atoms with Gasteiger partial charge in [-0.1, -0.05) is 151 Å². The van der Waals surface area contributed by atoms with Crippen LogP contribution in [-0.4, -0.2) is 0 Å². The molecule has 0 heterocycles. The smallest absolute Gasteiger partial charge is 0.0132 e. The minimum atomic E-state index is 0. The summed E-state index contributed by atoms with van der Waals surface area (Å²) < 4.78 is 0. The molecule has 0 aliphatic rings. The molecule has 0 bridgehead atoms. The largest absolute Gasteiger partial charge is 0.0776 e. The second kappa shape index (κ2) is 20.5. The molecule has 0 saturated heterocycles. The number of hydrogen-bond donors (Lipinski definition) is 0. The first-order valence-electron chi connectivity index (χ1n) is 7.66. The maximum absolute atomic E-state index is 2.22. The van der Waals surface area contributed by atoms with Gasteiger partial charge in [0.2, 0.25) is 0 Å². The van der Waals surface area contributed by atoms with Gasteiger partial charge in [0.25, 0.3) is 0 Å². The molecule has 1 aromatic carbocycles. The van der Waals surface area contributed by atoms with E-state index in [1.807, 2.05) is 0 Å². The Labute approximate surface area is 173 Å². The van der Waals surface area contributed by atoms with Crippen molar-refractivity contribution >= 4 is 0 Å². The fourth-order valence-corrected chi connectivity index (χ4v) is 0.938. The summed E-state index contributed by atoms with van der Waals surface area (Å²) in [6.45, 7) is 24.2. The maximum Gasteiger partial charge on any atom is -0.0132 e. The van der Waals surface area contributed by atoms with Gasteiger partial charge in [0, 0.05) is 0 Å². The van der Waals surface area contributed by atoms with Gasteiger partial charge < -0.3 is 0 Å². The molecule has 0 aromatic heterocycles. The van der Waals surface area contributed by atoms with E-state index < -0.39 is 0 Å². The van der Waals surface area contributed by atoms with E-state index in [1.54, 1.807) is 0 Å². The van der Waals surface area contributed by atoms with Gasteiger partial charge in [-0.3, -0.25) is 0 Å². The Hall–Kier alpha value is -0.780. The highest BCUT2D eigenvalue weighted by molar-refractivity contribution is 5.21. The standard InChI is InChI=1S/C10H14.2C5H12.6CH4/c1-10(2,3)9-7-5-4-6-8-9;2*1-5(2,3)4;;;;;;/h4-8H,1-3H3;2*1-4H3;6*1H4. The van der Waals surface area contributed by atoms with Crippen LogP contribution in [0.1, 0.15) is 126 Å². The van der Waals surface area contributed by atoms with Crippen LogP contribution in [0.3, 0.4) is 0 Å². The molecular weight excluding hydrogens is 312 g/mol. The van der Waals surface area contributed by atoms with Gasteiger partial charge in [-0.2, -0.15) is 0 Å². The third-order valence-corrected chi connectivity index (χ3v) is 1.64. The lowest BCUT2D eigenvalue weighted by Gasteiger charge is -2.18. The van der Waals surface area contributed by atoms with E-state index in [9.17, 15) is 0 Å². The van der Waals surface area contributed by atoms with Gasteiger partial charge in [-0.25, -0.2) is 0 Å². The van der Waals surface area contributed by atoms with Crippen molar-refractivity contribution in [1.29, 1.82) is 0 Å². The fraction of sp³-hybridized carbons (Fsp3) is 0.769. The minimum absolute atomic E-state index is 0. The molecular formula is C26H62. The van der Waals surface area contributed by atoms with Gasteiger partial charge in [-0.05, 0) is 21.8 Å². The van der Waals surface area contributed by atoms with Crippen LogP contribution >= 0.6 is 0 Å². The van der Waals surface area contributed by atoms with Crippen LogP contribution in [0.15, 0.2) is 30.3 Å². The van der Waals surface area contributed by atoms with Crippen LogP contribution in [0.4, 0.5) is 0 Å². The molecule has 0 fully saturated rings. The monoisotopic (exact) mass is 374 g/mol. The summed E-state index contributed by atoms with van der Waals surface area (Å²) in [6.07, 6.45) is 0. The molecule has 0 spiro atoms. The van der Waals surface area contributed by atoms with E-state index >= 15 is 0 Å². The Morgan fingerprint density at radius 3 is 0.731 bits per heavy atom. The molecule has 0 heteroatoms. The normalized spacial score (nSPS) is 9.04. The van der Waals surface area contributed by atoms with Gasteiger partial charge in [0.15, 0.2) is 0 Å². The summed E-state index contributed by atoms with van der Waals surface area (Å²) in [5, 5.41) is 0. The number of benzene rings is 1. The minimum Gasteiger partial charge on any atom is -0.0776 e. The van der Waals surface area contributed by atoms with Crippen LogP contribution in [0.25, 0.3) is 0 Å². The van der Waals surface area contributed by atoms with E-state index in [2.05, 4.69) is 106 Å². The lowest BCUT2D eigenvalue weighted by Crippen LogP contribution is -2.10.